The number of hydrogen-bond acceptors (Lipinski definition) is 2. The zero-order chi connectivity index (χ0) is 14.2. The molecule has 2 aliphatic heterocycles. The van der Waals surface area contributed by atoms with E-state index >= 15 is 0 Å². The summed E-state index contributed by atoms with van der Waals surface area (Å²) in [6, 6.07) is 16.8. The summed E-state index contributed by atoms with van der Waals surface area (Å²) < 4.78 is 5.91. The Kier molecular flexibility index (Phi) is 4.62. The predicted octanol–water partition coefficient (Wildman–Crippen LogP) is 4.37. The third-order valence-corrected chi connectivity index (χ3v) is 4.90. The fourth-order valence-electron chi connectivity index (χ4n) is 3.61. The van der Waals surface area contributed by atoms with Gasteiger partial charge in [-0.25, -0.2) is 0 Å². The van der Waals surface area contributed by atoms with Crippen LogP contribution in [0.15, 0.2) is 48.5 Å². The monoisotopic (exact) mass is 335 g/mol. The fourth-order valence-corrected chi connectivity index (χ4v) is 3.85. The van der Waals surface area contributed by atoms with Crippen LogP contribution in [-0.2, 0) is 6.54 Å². The molecule has 0 unspecified atom stereocenters. The SMILES string of the molecule is Cl.Clc1cccc2c1OC[C@H]1CN(Cc3ccccc3)C[C@H]21. The van der Waals surface area contributed by atoms with Crippen molar-refractivity contribution in [2.24, 2.45) is 5.92 Å². The summed E-state index contributed by atoms with van der Waals surface area (Å²) in [5.74, 6) is 2.04. The second-order valence-corrected chi connectivity index (χ2v) is 6.42. The van der Waals surface area contributed by atoms with Crippen molar-refractivity contribution in [3.05, 3.63) is 64.7 Å². The Labute approximate surface area is 142 Å². The molecular weight excluding hydrogens is 317 g/mol. The molecule has 2 atom stereocenters. The zero-order valence-corrected chi connectivity index (χ0v) is 13.8. The highest BCUT2D eigenvalue weighted by Crippen LogP contribution is 2.44. The third-order valence-electron chi connectivity index (χ3n) is 4.60. The van der Waals surface area contributed by atoms with Crippen LogP contribution in [0.1, 0.15) is 17.0 Å². The van der Waals surface area contributed by atoms with E-state index in [4.69, 9.17) is 16.3 Å². The Morgan fingerprint density at radius 3 is 2.68 bits per heavy atom. The Balaban J connectivity index is 0.00000144. The molecule has 2 aromatic rings. The standard InChI is InChI=1S/C18H18ClNO.ClH/c19-17-8-4-7-15-16-11-20(9-13-5-2-1-3-6-13)10-14(16)12-21-18(15)17;/h1-8,14,16H,9-12H2;1H/t14-,16+;/m1./s1. The van der Waals surface area contributed by atoms with Gasteiger partial charge in [-0.1, -0.05) is 54.1 Å². The van der Waals surface area contributed by atoms with Gasteiger partial charge in [0, 0.05) is 37.0 Å². The van der Waals surface area contributed by atoms with Crippen LogP contribution in [0.25, 0.3) is 0 Å². The Hall–Kier alpha value is -1.22. The van der Waals surface area contributed by atoms with Crippen molar-refractivity contribution < 1.29 is 4.74 Å². The van der Waals surface area contributed by atoms with Crippen molar-refractivity contribution >= 4 is 24.0 Å². The molecule has 0 saturated carbocycles. The van der Waals surface area contributed by atoms with E-state index in [0.29, 0.717) is 11.8 Å². The van der Waals surface area contributed by atoms with Crippen molar-refractivity contribution in [3.8, 4) is 5.75 Å². The lowest BCUT2D eigenvalue weighted by Gasteiger charge is -2.28. The van der Waals surface area contributed by atoms with E-state index in [1.54, 1.807) is 0 Å². The second kappa shape index (κ2) is 6.49. The van der Waals surface area contributed by atoms with E-state index in [-0.39, 0.29) is 12.4 Å². The molecule has 2 aromatic carbocycles. The molecule has 0 aliphatic carbocycles. The van der Waals surface area contributed by atoms with E-state index in [9.17, 15) is 0 Å². The molecule has 0 radical (unpaired) electrons. The molecule has 4 heteroatoms. The maximum absolute atomic E-state index is 6.26. The molecule has 0 amide bonds. The van der Waals surface area contributed by atoms with Crippen molar-refractivity contribution in [2.75, 3.05) is 19.7 Å². The summed E-state index contributed by atoms with van der Waals surface area (Å²) >= 11 is 6.26. The third kappa shape index (κ3) is 2.83. The van der Waals surface area contributed by atoms with Gasteiger partial charge in [0.25, 0.3) is 0 Å². The van der Waals surface area contributed by atoms with Crippen LogP contribution in [0.3, 0.4) is 0 Å². The fraction of sp³-hybridized carbons (Fsp3) is 0.333. The van der Waals surface area contributed by atoms with E-state index in [1.807, 2.05) is 12.1 Å². The molecule has 2 heterocycles. The highest BCUT2D eigenvalue weighted by Gasteiger charge is 2.39. The van der Waals surface area contributed by atoms with E-state index in [1.165, 1.54) is 11.1 Å². The van der Waals surface area contributed by atoms with Gasteiger partial charge in [0.2, 0.25) is 0 Å². The highest BCUT2D eigenvalue weighted by molar-refractivity contribution is 6.32. The van der Waals surface area contributed by atoms with Gasteiger partial charge in [-0.15, -0.1) is 12.4 Å². The molecule has 0 aromatic heterocycles. The first-order chi connectivity index (χ1) is 10.3. The van der Waals surface area contributed by atoms with Crippen molar-refractivity contribution in [1.82, 2.24) is 4.90 Å². The van der Waals surface area contributed by atoms with Crippen LogP contribution >= 0.6 is 24.0 Å². The Morgan fingerprint density at radius 2 is 1.86 bits per heavy atom. The Bertz CT molecular complexity index is 647. The summed E-state index contributed by atoms with van der Waals surface area (Å²) in [5, 5.41) is 0.743. The normalized spacial score (nSPS) is 23.1. The summed E-state index contributed by atoms with van der Waals surface area (Å²) in [5.41, 5.74) is 2.66. The quantitative estimate of drug-likeness (QED) is 0.807. The number of rotatable bonds is 2. The van der Waals surface area contributed by atoms with Crippen molar-refractivity contribution in [2.45, 2.75) is 12.5 Å². The van der Waals surface area contributed by atoms with Gasteiger partial charge in [0.15, 0.2) is 0 Å². The van der Waals surface area contributed by atoms with E-state index in [0.717, 1.165) is 37.0 Å². The van der Waals surface area contributed by atoms with Crippen molar-refractivity contribution in [1.29, 1.82) is 0 Å². The van der Waals surface area contributed by atoms with Crippen LogP contribution in [0, 0.1) is 5.92 Å². The van der Waals surface area contributed by atoms with E-state index < -0.39 is 0 Å². The largest absolute Gasteiger partial charge is 0.491 e. The minimum absolute atomic E-state index is 0. The predicted molar refractivity (Wildman–Crippen MR) is 92.1 cm³/mol. The number of para-hydroxylation sites is 1. The van der Waals surface area contributed by atoms with Crippen LogP contribution in [0.4, 0.5) is 0 Å². The number of likely N-dealkylation sites (tertiary alicyclic amines) is 1. The van der Waals surface area contributed by atoms with Crippen LogP contribution < -0.4 is 4.74 Å². The molecule has 1 saturated heterocycles. The highest BCUT2D eigenvalue weighted by atomic mass is 35.5. The van der Waals surface area contributed by atoms with Gasteiger partial charge >= 0.3 is 0 Å². The minimum Gasteiger partial charge on any atom is -0.491 e. The average molecular weight is 336 g/mol. The second-order valence-electron chi connectivity index (χ2n) is 6.02. The number of halogens is 2. The molecule has 22 heavy (non-hydrogen) atoms. The number of fused-ring (bicyclic) bond motifs is 3. The molecule has 0 spiro atoms. The molecule has 2 aliphatic rings. The summed E-state index contributed by atoms with van der Waals surface area (Å²) in [7, 11) is 0. The van der Waals surface area contributed by atoms with Gasteiger partial charge < -0.3 is 4.74 Å². The van der Waals surface area contributed by atoms with Gasteiger partial charge in [-0.3, -0.25) is 4.90 Å². The number of benzene rings is 2. The Morgan fingerprint density at radius 1 is 1.05 bits per heavy atom. The first kappa shape index (κ1) is 15.7. The maximum Gasteiger partial charge on any atom is 0.141 e. The first-order valence-electron chi connectivity index (χ1n) is 7.49. The van der Waals surface area contributed by atoms with Gasteiger partial charge in [0.05, 0.1) is 11.6 Å². The lowest BCUT2D eigenvalue weighted by Crippen LogP contribution is -2.25. The smallest absolute Gasteiger partial charge is 0.141 e. The number of ether oxygens (including phenoxy) is 1. The molecule has 0 bridgehead atoms. The summed E-state index contributed by atoms with van der Waals surface area (Å²) in [6.45, 7) is 4.00. The van der Waals surface area contributed by atoms with Gasteiger partial charge in [-0.2, -0.15) is 0 Å². The van der Waals surface area contributed by atoms with E-state index in [2.05, 4.69) is 41.3 Å². The molecule has 1 fully saturated rings. The molecule has 116 valence electrons. The lowest BCUT2D eigenvalue weighted by atomic mass is 9.87. The van der Waals surface area contributed by atoms with Crippen LogP contribution in [0.2, 0.25) is 5.02 Å². The summed E-state index contributed by atoms with van der Waals surface area (Å²) in [6.07, 6.45) is 0. The van der Waals surface area contributed by atoms with Crippen molar-refractivity contribution in [3.63, 3.8) is 0 Å². The molecule has 4 rings (SSSR count). The summed E-state index contributed by atoms with van der Waals surface area (Å²) in [4.78, 5) is 2.53. The lowest BCUT2D eigenvalue weighted by molar-refractivity contribution is 0.212. The first-order valence-corrected chi connectivity index (χ1v) is 7.86. The minimum atomic E-state index is 0. The molecular formula is C18H19Cl2NO. The van der Waals surface area contributed by atoms with Gasteiger partial charge in [-0.05, 0) is 11.6 Å². The molecule has 2 nitrogen and oxygen atoms in total. The number of hydrogen-bond donors (Lipinski definition) is 0. The zero-order valence-electron chi connectivity index (χ0n) is 12.2. The average Bonchev–Trinajstić information content (AvgIpc) is 2.91. The van der Waals surface area contributed by atoms with Crippen LogP contribution in [-0.4, -0.2) is 24.6 Å². The topological polar surface area (TPSA) is 12.5 Å². The van der Waals surface area contributed by atoms with Crippen LogP contribution in [0.5, 0.6) is 5.75 Å². The molecule has 0 N–H and O–H groups in total. The number of nitrogens with zero attached hydrogens (tertiary/aromatic N) is 1. The maximum atomic E-state index is 6.26. The van der Waals surface area contributed by atoms with Gasteiger partial charge in [0.1, 0.15) is 5.75 Å².